The molecular formula is C17H20N2O3S. The number of urea groups is 1. The van der Waals surface area contributed by atoms with Gasteiger partial charge in [-0.1, -0.05) is 18.2 Å². The summed E-state index contributed by atoms with van der Waals surface area (Å²) in [7, 11) is 0. The second-order valence-corrected chi connectivity index (χ2v) is 6.86. The first kappa shape index (κ1) is 17.0. The Hall–Kier alpha value is -2.34. The molecule has 0 aliphatic rings. The van der Waals surface area contributed by atoms with E-state index in [0.717, 1.165) is 10.4 Å². The first-order valence-electron chi connectivity index (χ1n) is 7.31. The number of carbonyl (C=O) groups excluding carboxylic acids is 1. The summed E-state index contributed by atoms with van der Waals surface area (Å²) < 4.78 is 0. The first-order valence-corrected chi connectivity index (χ1v) is 8.19. The molecule has 6 heteroatoms. The number of thiophene rings is 1. The van der Waals surface area contributed by atoms with E-state index in [1.807, 2.05) is 41.8 Å². The molecule has 3 N–H and O–H groups in total. The van der Waals surface area contributed by atoms with Gasteiger partial charge in [0.1, 0.15) is 0 Å². The van der Waals surface area contributed by atoms with Crippen molar-refractivity contribution in [2.75, 3.05) is 5.32 Å². The molecule has 5 nitrogen and oxygen atoms in total. The molecule has 0 unspecified atom stereocenters. The topological polar surface area (TPSA) is 78.4 Å². The molecule has 0 spiro atoms. The lowest BCUT2D eigenvalue weighted by atomic mass is 9.99. The van der Waals surface area contributed by atoms with Gasteiger partial charge >= 0.3 is 12.0 Å². The standard InChI is InChI=1S/C17H20N2O3S/c1-17(2,9-8-15(20)21)19-16(22)18-13-6-3-5-12(11-13)14-7-4-10-23-14/h3-7,10-11H,8-9H2,1-2H3,(H,20,21)(H2,18,19,22). The summed E-state index contributed by atoms with van der Waals surface area (Å²) in [5.74, 6) is -0.871. The molecule has 2 aromatic rings. The maximum absolute atomic E-state index is 12.1. The molecule has 0 aliphatic heterocycles. The van der Waals surface area contributed by atoms with Crippen LogP contribution in [0.4, 0.5) is 10.5 Å². The van der Waals surface area contributed by atoms with Gasteiger partial charge < -0.3 is 15.7 Å². The van der Waals surface area contributed by atoms with Gasteiger partial charge in [-0.2, -0.15) is 0 Å². The number of aliphatic carboxylic acids is 1. The fraction of sp³-hybridized carbons (Fsp3) is 0.294. The minimum absolute atomic E-state index is 0.0150. The Labute approximate surface area is 139 Å². The Bertz CT molecular complexity index is 681. The smallest absolute Gasteiger partial charge is 0.319 e. The van der Waals surface area contributed by atoms with Gasteiger partial charge in [-0.05, 0) is 49.4 Å². The van der Waals surface area contributed by atoms with Crippen LogP contribution >= 0.6 is 11.3 Å². The first-order chi connectivity index (χ1) is 10.9. The van der Waals surface area contributed by atoms with Gasteiger partial charge in [-0.3, -0.25) is 4.79 Å². The van der Waals surface area contributed by atoms with Crippen LogP contribution in [0.3, 0.4) is 0 Å². The fourth-order valence-corrected chi connectivity index (χ4v) is 2.87. The van der Waals surface area contributed by atoms with Crippen molar-refractivity contribution in [2.45, 2.75) is 32.2 Å². The molecule has 1 heterocycles. The van der Waals surface area contributed by atoms with Crippen LogP contribution in [-0.4, -0.2) is 22.6 Å². The second kappa shape index (κ2) is 7.28. The molecule has 23 heavy (non-hydrogen) atoms. The van der Waals surface area contributed by atoms with Crippen molar-refractivity contribution in [1.82, 2.24) is 5.32 Å². The van der Waals surface area contributed by atoms with Crippen LogP contribution in [0.15, 0.2) is 41.8 Å². The van der Waals surface area contributed by atoms with Crippen LogP contribution in [0.5, 0.6) is 0 Å². The van der Waals surface area contributed by atoms with Crippen molar-refractivity contribution >= 4 is 29.0 Å². The van der Waals surface area contributed by atoms with Crippen LogP contribution in [0.1, 0.15) is 26.7 Å². The highest BCUT2D eigenvalue weighted by Crippen LogP contribution is 2.26. The lowest BCUT2D eigenvalue weighted by molar-refractivity contribution is -0.137. The zero-order valence-electron chi connectivity index (χ0n) is 13.1. The molecular weight excluding hydrogens is 312 g/mol. The highest BCUT2D eigenvalue weighted by molar-refractivity contribution is 7.13. The van der Waals surface area contributed by atoms with E-state index in [4.69, 9.17) is 5.11 Å². The Balaban J connectivity index is 1.98. The van der Waals surface area contributed by atoms with Gasteiger partial charge in [-0.25, -0.2) is 4.79 Å². The van der Waals surface area contributed by atoms with E-state index in [2.05, 4.69) is 10.6 Å². The average molecular weight is 332 g/mol. The van der Waals surface area contributed by atoms with Crippen molar-refractivity contribution in [3.63, 3.8) is 0 Å². The Morgan fingerprint density at radius 2 is 2.00 bits per heavy atom. The third-order valence-electron chi connectivity index (χ3n) is 3.34. The number of carboxylic acid groups (broad SMARTS) is 1. The Morgan fingerprint density at radius 1 is 1.22 bits per heavy atom. The summed E-state index contributed by atoms with van der Waals surface area (Å²) >= 11 is 1.64. The number of hydrogen-bond donors (Lipinski definition) is 3. The maximum Gasteiger partial charge on any atom is 0.319 e. The van der Waals surface area contributed by atoms with Crippen LogP contribution in [0.25, 0.3) is 10.4 Å². The zero-order chi connectivity index (χ0) is 16.9. The van der Waals surface area contributed by atoms with Crippen LogP contribution in [0.2, 0.25) is 0 Å². The number of benzene rings is 1. The minimum atomic E-state index is -0.871. The number of carboxylic acids is 1. The number of carbonyl (C=O) groups is 2. The van der Waals surface area contributed by atoms with Gasteiger partial charge in [0, 0.05) is 22.5 Å². The van der Waals surface area contributed by atoms with E-state index in [1.165, 1.54) is 0 Å². The molecule has 1 aromatic carbocycles. The van der Waals surface area contributed by atoms with Gasteiger partial charge in [0.2, 0.25) is 0 Å². The highest BCUT2D eigenvalue weighted by atomic mass is 32.1. The lowest BCUT2D eigenvalue weighted by Gasteiger charge is -2.25. The van der Waals surface area contributed by atoms with Gasteiger partial charge in [0.05, 0.1) is 0 Å². The molecule has 0 radical (unpaired) electrons. The molecule has 122 valence electrons. The lowest BCUT2D eigenvalue weighted by Crippen LogP contribution is -2.45. The van der Waals surface area contributed by atoms with Gasteiger partial charge in [0.15, 0.2) is 0 Å². The zero-order valence-corrected chi connectivity index (χ0v) is 13.9. The van der Waals surface area contributed by atoms with Crippen LogP contribution in [-0.2, 0) is 4.79 Å². The van der Waals surface area contributed by atoms with E-state index >= 15 is 0 Å². The highest BCUT2D eigenvalue weighted by Gasteiger charge is 2.21. The molecule has 0 aliphatic carbocycles. The molecule has 0 saturated carbocycles. The quantitative estimate of drug-likeness (QED) is 0.742. The van der Waals surface area contributed by atoms with Gasteiger partial charge in [0.25, 0.3) is 0 Å². The summed E-state index contributed by atoms with van der Waals surface area (Å²) in [5, 5.41) is 16.3. The Morgan fingerprint density at radius 3 is 2.65 bits per heavy atom. The number of nitrogens with one attached hydrogen (secondary N) is 2. The van der Waals surface area contributed by atoms with Crippen LogP contribution < -0.4 is 10.6 Å². The third kappa shape index (κ3) is 5.41. The predicted octanol–water partition coefficient (Wildman–Crippen LogP) is 4.18. The number of rotatable bonds is 6. The van der Waals surface area contributed by atoms with Crippen LogP contribution in [0, 0.1) is 0 Å². The van der Waals surface area contributed by atoms with Crippen molar-refractivity contribution < 1.29 is 14.7 Å². The fourth-order valence-electron chi connectivity index (χ4n) is 2.14. The maximum atomic E-state index is 12.1. The summed E-state index contributed by atoms with van der Waals surface area (Å²) in [6.45, 7) is 3.61. The summed E-state index contributed by atoms with van der Waals surface area (Å²) in [5.41, 5.74) is 1.15. The average Bonchev–Trinajstić information content (AvgIpc) is 2.99. The number of anilines is 1. The van der Waals surface area contributed by atoms with E-state index < -0.39 is 11.5 Å². The molecule has 2 amide bonds. The monoisotopic (exact) mass is 332 g/mol. The van der Waals surface area contributed by atoms with Gasteiger partial charge in [-0.15, -0.1) is 11.3 Å². The minimum Gasteiger partial charge on any atom is -0.481 e. The van der Waals surface area contributed by atoms with Crippen molar-refractivity contribution in [3.05, 3.63) is 41.8 Å². The number of amides is 2. The number of hydrogen-bond acceptors (Lipinski definition) is 3. The largest absolute Gasteiger partial charge is 0.481 e. The van der Waals surface area contributed by atoms with E-state index in [-0.39, 0.29) is 12.5 Å². The molecule has 2 rings (SSSR count). The molecule has 0 bridgehead atoms. The van der Waals surface area contributed by atoms with Crippen molar-refractivity contribution in [3.8, 4) is 10.4 Å². The van der Waals surface area contributed by atoms with E-state index in [0.29, 0.717) is 12.1 Å². The molecule has 0 saturated heterocycles. The molecule has 0 fully saturated rings. The normalized spacial score (nSPS) is 11.0. The summed E-state index contributed by atoms with van der Waals surface area (Å²) in [4.78, 5) is 23.9. The SMILES string of the molecule is CC(C)(CCC(=O)O)NC(=O)Nc1cccc(-c2cccs2)c1. The predicted molar refractivity (Wildman–Crippen MR) is 92.9 cm³/mol. The second-order valence-electron chi connectivity index (χ2n) is 5.91. The molecule has 0 atom stereocenters. The third-order valence-corrected chi connectivity index (χ3v) is 4.26. The van der Waals surface area contributed by atoms with Crippen molar-refractivity contribution in [1.29, 1.82) is 0 Å². The summed E-state index contributed by atoms with van der Waals surface area (Å²) in [6.07, 6.45) is 0.381. The molecule has 1 aromatic heterocycles. The van der Waals surface area contributed by atoms with E-state index in [1.54, 1.807) is 25.2 Å². The van der Waals surface area contributed by atoms with Crippen molar-refractivity contribution in [2.24, 2.45) is 0 Å². The summed E-state index contributed by atoms with van der Waals surface area (Å²) in [6, 6.07) is 11.3. The Kier molecular flexibility index (Phi) is 5.39. The van der Waals surface area contributed by atoms with E-state index in [9.17, 15) is 9.59 Å².